The normalized spacial score (nSPS) is 20.5. The molecule has 0 saturated carbocycles. The van der Waals surface area contributed by atoms with Crippen LogP contribution in [0.3, 0.4) is 0 Å². The van der Waals surface area contributed by atoms with Crippen molar-refractivity contribution in [1.82, 2.24) is 9.97 Å². The zero-order valence-corrected chi connectivity index (χ0v) is 17.0. The molecule has 2 atom stereocenters. The number of carboxylic acids is 1. The molecule has 0 fully saturated rings. The number of methoxy groups -OCH3 is 2. The van der Waals surface area contributed by atoms with Crippen LogP contribution in [0.1, 0.15) is 11.1 Å². The lowest BCUT2D eigenvalue weighted by molar-refractivity contribution is -0.213. The number of carboxylic acid groups (broad SMARTS) is 1. The van der Waals surface area contributed by atoms with Gasteiger partial charge in [-0.2, -0.15) is 4.98 Å². The second-order valence-electron chi connectivity index (χ2n) is 6.75. The first-order valence-electron chi connectivity index (χ1n) is 9.24. The molecule has 1 aromatic carbocycles. The Morgan fingerprint density at radius 1 is 1.23 bits per heavy atom. The molecule has 0 radical (unpaired) electrons. The van der Waals surface area contributed by atoms with E-state index in [0.29, 0.717) is 11.1 Å². The molecule has 0 saturated heterocycles. The van der Waals surface area contributed by atoms with Gasteiger partial charge in [-0.15, -0.1) is 0 Å². The zero-order chi connectivity index (χ0) is 22.6. The highest BCUT2D eigenvalue weighted by Gasteiger charge is 2.50. The van der Waals surface area contributed by atoms with Crippen LogP contribution >= 0.6 is 0 Å². The Labute approximate surface area is 179 Å². The van der Waals surface area contributed by atoms with Crippen molar-refractivity contribution in [3.05, 3.63) is 70.6 Å². The second kappa shape index (κ2) is 8.87. The van der Waals surface area contributed by atoms with Crippen LogP contribution in [0.2, 0.25) is 0 Å². The summed E-state index contributed by atoms with van der Waals surface area (Å²) in [6, 6.07) is 9.18. The molecule has 0 amide bonds. The number of rotatable bonds is 5. The van der Waals surface area contributed by atoms with Gasteiger partial charge in [0.1, 0.15) is 11.7 Å². The molecule has 9 nitrogen and oxygen atoms in total. The summed E-state index contributed by atoms with van der Waals surface area (Å²) in [5, 5.41) is 20.8. The highest BCUT2D eigenvalue weighted by molar-refractivity contribution is 5.77. The van der Waals surface area contributed by atoms with Crippen LogP contribution in [-0.4, -0.2) is 46.2 Å². The molecule has 6 N–H and O–H groups in total. The maximum absolute atomic E-state index is 11.9. The molecule has 2 unspecified atom stereocenters. The summed E-state index contributed by atoms with van der Waals surface area (Å²) < 4.78 is 10.6. The summed E-state index contributed by atoms with van der Waals surface area (Å²) in [6.45, 7) is 0. The number of aliphatic carboxylic acids is 1. The minimum Gasteiger partial charge on any atom is -0.494 e. The van der Waals surface area contributed by atoms with Gasteiger partial charge in [-0.3, -0.25) is 4.79 Å². The lowest BCUT2D eigenvalue weighted by Gasteiger charge is -2.36. The largest absolute Gasteiger partial charge is 0.494 e. The zero-order valence-electron chi connectivity index (χ0n) is 17.0. The first kappa shape index (κ1) is 21.8. The van der Waals surface area contributed by atoms with Crippen LogP contribution in [0.4, 0.5) is 11.8 Å². The number of aliphatic hydroxyl groups is 1. The second-order valence-corrected chi connectivity index (χ2v) is 6.75. The third kappa shape index (κ3) is 4.35. The number of ether oxygens (including phenoxy) is 2. The summed E-state index contributed by atoms with van der Waals surface area (Å²) in [4.78, 5) is 19.8. The summed E-state index contributed by atoms with van der Waals surface area (Å²) in [7, 11) is 2.51. The number of anilines is 2. The molecular weight excluding hydrogens is 400 g/mol. The Kier molecular flexibility index (Phi) is 6.25. The maximum Gasteiger partial charge on any atom is 0.316 e. The van der Waals surface area contributed by atoms with Crippen LogP contribution in [0.15, 0.2) is 59.5 Å². The van der Waals surface area contributed by atoms with Gasteiger partial charge in [0.25, 0.3) is 0 Å². The van der Waals surface area contributed by atoms with Crippen molar-refractivity contribution < 1.29 is 24.5 Å². The summed E-state index contributed by atoms with van der Waals surface area (Å²) in [5.74, 6) is 1.06. The molecule has 3 rings (SSSR count). The van der Waals surface area contributed by atoms with E-state index in [1.54, 1.807) is 0 Å². The van der Waals surface area contributed by atoms with E-state index in [1.807, 2.05) is 30.3 Å². The first-order chi connectivity index (χ1) is 14.8. The fourth-order valence-electron chi connectivity index (χ4n) is 3.29. The van der Waals surface area contributed by atoms with E-state index in [1.165, 1.54) is 26.5 Å². The number of hydrogen-bond acceptors (Lipinski definition) is 8. The number of nitrogen functional groups attached to an aromatic ring is 2. The highest BCUT2D eigenvalue weighted by atomic mass is 16.6. The monoisotopic (exact) mass is 422 g/mol. The van der Waals surface area contributed by atoms with Crippen molar-refractivity contribution in [1.29, 1.82) is 0 Å². The standard InChI is InChI=1S/C22H22N4O5/c1-30-18-16(9-8-13-6-4-3-5-7-13)14(10-15-12-25-21(24)26-19(15)23)11-17(20(27)28)22(18,29)31-2/h3-7,11-12,17,29H,10H2,1-2H3,(H,27,28)(H4,23,24,25,26). The van der Waals surface area contributed by atoms with Gasteiger partial charge in [0.15, 0.2) is 5.76 Å². The molecule has 2 aromatic rings. The predicted octanol–water partition coefficient (Wildman–Crippen LogP) is 1.11. The maximum atomic E-state index is 11.9. The van der Waals surface area contributed by atoms with Crippen molar-refractivity contribution >= 4 is 17.7 Å². The molecule has 160 valence electrons. The van der Waals surface area contributed by atoms with Gasteiger partial charge in [-0.25, -0.2) is 4.98 Å². The topological polar surface area (TPSA) is 154 Å². The summed E-state index contributed by atoms with van der Waals surface area (Å²) in [5.41, 5.74) is 13.5. The van der Waals surface area contributed by atoms with E-state index in [9.17, 15) is 15.0 Å². The summed E-state index contributed by atoms with van der Waals surface area (Å²) in [6.07, 6.45) is 2.97. The van der Waals surface area contributed by atoms with Crippen molar-refractivity contribution in [3.63, 3.8) is 0 Å². The third-order valence-corrected chi connectivity index (χ3v) is 4.85. The lowest BCUT2D eigenvalue weighted by Crippen LogP contribution is -2.48. The Morgan fingerprint density at radius 3 is 2.52 bits per heavy atom. The lowest BCUT2D eigenvalue weighted by atomic mass is 9.81. The van der Waals surface area contributed by atoms with Crippen molar-refractivity contribution in [2.75, 3.05) is 25.7 Å². The summed E-state index contributed by atoms with van der Waals surface area (Å²) >= 11 is 0. The number of hydrogen-bond donors (Lipinski definition) is 4. The Bertz CT molecular complexity index is 1120. The highest BCUT2D eigenvalue weighted by Crippen LogP contribution is 2.40. The SMILES string of the molecule is COC1=C(C#Cc2ccccc2)C(Cc2cnc(N)nc2N)=CC(C(=O)O)C1(O)OC. The first-order valence-corrected chi connectivity index (χ1v) is 9.24. The molecule has 1 aromatic heterocycles. The van der Waals surface area contributed by atoms with E-state index in [4.69, 9.17) is 20.9 Å². The van der Waals surface area contributed by atoms with Gasteiger partial charge in [-0.1, -0.05) is 36.1 Å². The molecular formula is C22H22N4O5. The third-order valence-electron chi connectivity index (χ3n) is 4.85. The fourth-order valence-corrected chi connectivity index (χ4v) is 3.29. The van der Waals surface area contributed by atoms with Gasteiger partial charge >= 0.3 is 5.97 Å². The average molecular weight is 422 g/mol. The van der Waals surface area contributed by atoms with Gasteiger partial charge in [-0.05, 0) is 17.7 Å². The Morgan fingerprint density at radius 2 is 1.94 bits per heavy atom. The average Bonchev–Trinajstić information content (AvgIpc) is 2.75. The van der Waals surface area contributed by atoms with Crippen molar-refractivity contribution in [2.45, 2.75) is 12.2 Å². The van der Waals surface area contributed by atoms with Crippen LogP contribution in [0.25, 0.3) is 0 Å². The van der Waals surface area contributed by atoms with E-state index in [0.717, 1.165) is 5.56 Å². The number of benzene rings is 1. The smallest absolute Gasteiger partial charge is 0.316 e. The van der Waals surface area contributed by atoms with Crippen LogP contribution < -0.4 is 11.5 Å². The molecule has 0 bridgehead atoms. The molecule has 31 heavy (non-hydrogen) atoms. The molecule has 0 aliphatic heterocycles. The van der Waals surface area contributed by atoms with Gasteiger partial charge < -0.3 is 31.2 Å². The van der Waals surface area contributed by atoms with Crippen LogP contribution in [0, 0.1) is 17.8 Å². The molecule has 9 heteroatoms. The fraction of sp³-hybridized carbons (Fsp3) is 0.227. The Balaban J connectivity index is 2.18. The van der Waals surface area contributed by atoms with Crippen LogP contribution in [0.5, 0.6) is 0 Å². The van der Waals surface area contributed by atoms with Gasteiger partial charge in [0, 0.05) is 30.9 Å². The van der Waals surface area contributed by atoms with Gasteiger partial charge in [0.05, 0.1) is 12.7 Å². The molecule has 1 aliphatic rings. The van der Waals surface area contributed by atoms with E-state index < -0.39 is 17.7 Å². The number of carbonyl (C=O) groups is 1. The Hall–Kier alpha value is -3.87. The number of allylic oxidation sites excluding steroid dienone is 2. The quantitative estimate of drug-likeness (QED) is 0.410. The molecule has 0 spiro atoms. The number of nitrogens with two attached hydrogens (primary N) is 2. The van der Waals surface area contributed by atoms with Crippen molar-refractivity contribution in [3.8, 4) is 11.8 Å². The predicted molar refractivity (Wildman–Crippen MR) is 113 cm³/mol. The van der Waals surface area contributed by atoms with Crippen LogP contribution in [-0.2, 0) is 20.7 Å². The minimum atomic E-state index is -2.24. The number of nitrogens with zero attached hydrogens (tertiary/aromatic N) is 2. The number of aromatic nitrogens is 2. The van der Waals surface area contributed by atoms with E-state index >= 15 is 0 Å². The van der Waals surface area contributed by atoms with Gasteiger partial charge in [0.2, 0.25) is 11.7 Å². The van der Waals surface area contributed by atoms with E-state index in [2.05, 4.69) is 21.8 Å². The van der Waals surface area contributed by atoms with Crippen molar-refractivity contribution in [2.24, 2.45) is 5.92 Å². The minimum absolute atomic E-state index is 0.0215. The molecule has 1 heterocycles. The molecule has 1 aliphatic carbocycles. The van der Waals surface area contributed by atoms with E-state index in [-0.39, 0.29) is 29.5 Å².